The second-order valence-corrected chi connectivity index (χ2v) is 9.13. The summed E-state index contributed by atoms with van der Waals surface area (Å²) in [5.41, 5.74) is -1.04. The van der Waals surface area contributed by atoms with Crippen LogP contribution in [-0.4, -0.2) is 54.3 Å². The van der Waals surface area contributed by atoms with Crippen LogP contribution in [0.3, 0.4) is 0 Å². The summed E-state index contributed by atoms with van der Waals surface area (Å²) in [4.78, 5) is 0. The lowest BCUT2D eigenvalue weighted by atomic mass is 10.1. The first-order valence-corrected chi connectivity index (χ1v) is 9.93. The van der Waals surface area contributed by atoms with Gasteiger partial charge in [0, 0.05) is 43.8 Å². The number of ether oxygens (including phenoxy) is 1. The average Bonchev–Trinajstić information content (AvgIpc) is 2.95. The standard InChI is InChI=1S/C12H21N3O5S3/c1-3-14-10-8-15(5-4-6-20-2)23(18,19)12-9(10)7-11(21-12)22(13,16)17/h7,10,14H,3-6,8H2,1-2H3,(H2,13,16,17)/t10-/m0/s1/i2D3,3D2,7D,8D2,10D/hD. The number of nitrogens with one attached hydrogen (secondary N) is 1. The quantitative estimate of drug-likeness (QED) is 0.634. The van der Waals surface area contributed by atoms with Gasteiger partial charge in [0.1, 0.15) is 9.83 Å². The van der Waals surface area contributed by atoms with Crippen LogP contribution in [0.15, 0.2) is 14.5 Å². The highest BCUT2D eigenvalue weighted by molar-refractivity contribution is 7.94. The Morgan fingerprint density at radius 3 is 3.17 bits per heavy atom. The molecule has 1 aromatic heterocycles. The Kier molecular flexibility index (Phi) is 2.86. The van der Waals surface area contributed by atoms with Gasteiger partial charge in [-0.1, -0.05) is 6.92 Å². The van der Waals surface area contributed by atoms with Crippen molar-refractivity contribution < 1.29 is 35.3 Å². The molecule has 0 saturated carbocycles. The van der Waals surface area contributed by atoms with Gasteiger partial charge in [-0.3, -0.25) is 0 Å². The van der Waals surface area contributed by atoms with Crippen molar-refractivity contribution >= 4 is 31.4 Å². The fourth-order valence-corrected chi connectivity index (χ4v) is 5.58. The van der Waals surface area contributed by atoms with E-state index < -0.39 is 79.3 Å². The third-order valence-electron chi connectivity index (χ3n) is 2.70. The van der Waals surface area contributed by atoms with Crippen LogP contribution in [0.4, 0.5) is 0 Å². The van der Waals surface area contributed by atoms with Crippen molar-refractivity contribution in [2.24, 2.45) is 5.14 Å². The van der Waals surface area contributed by atoms with Gasteiger partial charge in [-0.05, 0) is 19.0 Å². The molecule has 1 aliphatic rings. The molecular formula is C12H21N3O5S3. The molecular weight excluding hydrogens is 362 g/mol. The molecule has 2 rings (SSSR count). The number of primary sulfonamides is 1. The van der Waals surface area contributed by atoms with Crippen LogP contribution < -0.4 is 10.4 Å². The monoisotopic (exact) mass is 393 g/mol. The van der Waals surface area contributed by atoms with E-state index in [-0.39, 0.29) is 27.4 Å². The summed E-state index contributed by atoms with van der Waals surface area (Å²) in [7, 11) is -12.4. The third kappa shape index (κ3) is 3.92. The van der Waals surface area contributed by atoms with Crippen LogP contribution in [0, 0.1) is 0 Å². The lowest BCUT2D eigenvalue weighted by Crippen LogP contribution is -2.43. The van der Waals surface area contributed by atoms with Crippen LogP contribution in [0.1, 0.15) is 37.3 Å². The number of thiophene rings is 1. The van der Waals surface area contributed by atoms with Crippen molar-refractivity contribution in [2.45, 2.75) is 27.8 Å². The maximum absolute atomic E-state index is 13.2. The fraction of sp³-hybridized carbons (Fsp3) is 0.667. The van der Waals surface area contributed by atoms with Crippen molar-refractivity contribution in [3.05, 3.63) is 11.6 Å². The number of sulfonamides is 2. The highest BCUT2D eigenvalue weighted by Gasteiger charge is 2.39. The van der Waals surface area contributed by atoms with Gasteiger partial charge < -0.3 is 10.0 Å². The second-order valence-electron chi connectivity index (χ2n) is 4.30. The van der Waals surface area contributed by atoms with Gasteiger partial charge in [-0.25, -0.2) is 22.0 Å². The lowest BCUT2D eigenvalue weighted by Gasteiger charge is -2.32. The van der Waals surface area contributed by atoms with E-state index in [2.05, 4.69) is 4.74 Å². The van der Waals surface area contributed by atoms with Gasteiger partial charge >= 0.3 is 0 Å². The Hall–Kier alpha value is -0.560. The number of rotatable bonds is 7. The largest absolute Gasteiger partial charge is 0.385 e. The zero-order valence-corrected chi connectivity index (χ0v) is 14.3. The number of fused-ring (bicyclic) bond motifs is 1. The van der Waals surface area contributed by atoms with Gasteiger partial charge in [0.25, 0.3) is 10.0 Å². The molecule has 23 heavy (non-hydrogen) atoms. The van der Waals surface area contributed by atoms with Crippen molar-refractivity contribution in [1.82, 2.24) is 9.62 Å². The number of nitrogens with two attached hydrogens (primary N) is 1. The van der Waals surface area contributed by atoms with Crippen LogP contribution in [-0.2, 0) is 24.8 Å². The van der Waals surface area contributed by atoms with Crippen molar-refractivity contribution in [3.63, 3.8) is 0 Å². The summed E-state index contributed by atoms with van der Waals surface area (Å²) in [6.07, 6.45) is -0.374. The number of hydrogen-bond donors (Lipinski definition) is 2. The Labute approximate surface area is 154 Å². The molecule has 3 N–H and O–H groups in total. The molecule has 2 heterocycles. The van der Waals surface area contributed by atoms with Gasteiger partial charge in [0.05, 0.1) is 6.85 Å². The molecule has 0 aliphatic carbocycles. The first-order chi connectivity index (χ1) is 14.5. The molecule has 0 spiro atoms. The summed E-state index contributed by atoms with van der Waals surface area (Å²) < 4.78 is 131. The Morgan fingerprint density at radius 1 is 1.83 bits per heavy atom. The van der Waals surface area contributed by atoms with Gasteiger partial charge in [-0.2, -0.15) is 4.31 Å². The van der Waals surface area contributed by atoms with Gasteiger partial charge in [0.2, 0.25) is 10.0 Å². The molecule has 132 valence electrons. The summed E-state index contributed by atoms with van der Waals surface area (Å²) in [5.74, 6) is 0. The average molecular weight is 394 g/mol. The molecule has 8 nitrogen and oxygen atoms in total. The predicted octanol–water partition coefficient (Wildman–Crippen LogP) is 0.0869. The number of methoxy groups -OCH3 is 1. The minimum absolute atomic E-state index is 0.0163. The van der Waals surface area contributed by atoms with Crippen LogP contribution in [0.5, 0.6) is 0 Å². The smallest absolute Gasteiger partial charge is 0.252 e. The normalized spacial score (nSPS) is 34.4. The topological polar surface area (TPSA) is 119 Å². The molecule has 0 bridgehead atoms. The van der Waals surface area contributed by atoms with Crippen LogP contribution in [0.25, 0.3) is 0 Å². The molecule has 0 saturated heterocycles. The molecule has 0 amide bonds. The molecule has 1 aliphatic heterocycles. The van der Waals surface area contributed by atoms with E-state index in [4.69, 9.17) is 18.9 Å². The van der Waals surface area contributed by atoms with Crippen LogP contribution >= 0.6 is 11.3 Å². The third-order valence-corrected chi connectivity index (χ3v) is 7.35. The summed E-state index contributed by atoms with van der Waals surface area (Å²) >= 11 is -0.0163. The second kappa shape index (κ2) is 7.13. The zero-order valence-electron chi connectivity index (χ0n) is 21.9. The van der Waals surface area contributed by atoms with E-state index in [9.17, 15) is 16.8 Å². The summed E-state index contributed by atoms with van der Waals surface area (Å²) in [6, 6.07) is -4.39. The highest BCUT2D eigenvalue weighted by atomic mass is 32.3. The van der Waals surface area contributed by atoms with Crippen molar-refractivity contribution in [2.75, 3.05) is 33.2 Å². The van der Waals surface area contributed by atoms with E-state index in [1.54, 1.807) is 0 Å². The van der Waals surface area contributed by atoms with Gasteiger partial charge in [0.15, 0.2) is 0 Å². The van der Waals surface area contributed by atoms with E-state index in [0.717, 1.165) is 6.92 Å². The molecule has 1 atom stereocenters. The predicted molar refractivity (Wildman–Crippen MR) is 87.4 cm³/mol. The zero-order chi connectivity index (χ0) is 26.0. The minimum Gasteiger partial charge on any atom is -0.385 e. The number of hydrogen-bond acceptors (Lipinski definition) is 7. The minimum atomic E-state index is -4.93. The van der Waals surface area contributed by atoms with E-state index in [0.29, 0.717) is 0 Å². The fourth-order valence-electron chi connectivity index (χ4n) is 1.76. The highest BCUT2D eigenvalue weighted by Crippen LogP contribution is 2.39. The summed E-state index contributed by atoms with van der Waals surface area (Å²) in [5, 5.41) is 4.85. The Morgan fingerprint density at radius 2 is 2.57 bits per heavy atom. The van der Waals surface area contributed by atoms with Crippen LogP contribution in [0.2, 0.25) is 1.41 Å². The number of nitrogens with zero attached hydrogens (tertiary/aromatic N) is 1. The van der Waals surface area contributed by atoms with Crippen molar-refractivity contribution in [1.29, 1.82) is 0 Å². The van der Waals surface area contributed by atoms with Crippen molar-refractivity contribution in [3.8, 4) is 0 Å². The van der Waals surface area contributed by atoms with E-state index in [1.807, 2.05) is 0 Å². The SMILES string of the molecule is [2H]c1c(S(N)(=O)=O)sc2c1[C@@]([2H])(N([2H])C([2H])([2H])C)C([2H])([2H])N(CCCOC([2H])([2H])[2H])S2(=O)=O. The molecule has 0 fully saturated rings. The Bertz CT molecular complexity index is 1130. The summed E-state index contributed by atoms with van der Waals surface area (Å²) in [6.45, 7) is -6.68. The Balaban J connectivity index is 2.79. The maximum atomic E-state index is 13.2. The molecule has 1 aromatic rings. The first kappa shape index (κ1) is 9.22. The lowest BCUT2D eigenvalue weighted by molar-refractivity contribution is 0.185. The number of likely N-dealkylation sites (N-methyl/N-ethyl adjacent to an activating group) is 1. The molecule has 0 aromatic carbocycles. The molecule has 0 radical (unpaired) electrons. The maximum Gasteiger partial charge on any atom is 0.252 e. The van der Waals surface area contributed by atoms with E-state index in [1.165, 1.54) is 0 Å². The van der Waals surface area contributed by atoms with E-state index >= 15 is 0 Å². The molecule has 11 heteroatoms. The first-order valence-electron chi connectivity index (χ1n) is 11.1. The van der Waals surface area contributed by atoms with Gasteiger partial charge in [-0.15, -0.1) is 11.3 Å². The molecule has 0 unspecified atom stereocenters.